The first-order valence-corrected chi connectivity index (χ1v) is 10.1. The molecule has 28 heavy (non-hydrogen) atoms. The lowest BCUT2D eigenvalue weighted by atomic mass is 9.63. The zero-order valence-corrected chi connectivity index (χ0v) is 17.1. The lowest BCUT2D eigenvalue weighted by Crippen LogP contribution is -2.44. The molecule has 4 nitrogen and oxygen atoms in total. The zero-order valence-electron chi connectivity index (χ0n) is 17.1. The van der Waals surface area contributed by atoms with E-state index in [0.717, 1.165) is 5.56 Å². The lowest BCUT2D eigenvalue weighted by molar-refractivity contribution is -0.142. The summed E-state index contributed by atoms with van der Waals surface area (Å²) in [5, 5.41) is 0. The Kier molecular flexibility index (Phi) is 4.36. The Hall–Kier alpha value is -2.23. The van der Waals surface area contributed by atoms with E-state index in [1.165, 1.54) is 0 Å². The Bertz CT molecular complexity index is 855. The van der Waals surface area contributed by atoms with Gasteiger partial charge in [0.25, 0.3) is 0 Å². The Labute approximate surface area is 166 Å². The van der Waals surface area contributed by atoms with Gasteiger partial charge in [0.15, 0.2) is 5.78 Å². The maximum Gasteiger partial charge on any atom is 0.163 e. The van der Waals surface area contributed by atoms with E-state index in [0.29, 0.717) is 37.0 Å². The molecule has 2 atom stereocenters. The molecule has 1 fully saturated rings. The number of Topliss-reactive ketones (excluding diaryl/α,β-unsaturated/α-hetero) is 3. The van der Waals surface area contributed by atoms with E-state index in [1.54, 1.807) is 0 Å². The fourth-order valence-corrected chi connectivity index (χ4v) is 5.20. The van der Waals surface area contributed by atoms with Gasteiger partial charge in [0.05, 0.1) is 5.92 Å². The van der Waals surface area contributed by atoms with Crippen molar-refractivity contribution >= 4 is 17.3 Å². The molecule has 0 amide bonds. The van der Waals surface area contributed by atoms with Gasteiger partial charge in [-0.25, -0.2) is 0 Å². The van der Waals surface area contributed by atoms with E-state index < -0.39 is 17.9 Å². The second kappa shape index (κ2) is 6.40. The number of benzene rings is 1. The molecular weight excluding hydrogens is 352 g/mol. The first kappa shape index (κ1) is 19.1. The number of carbonyl (C=O) groups is 3. The van der Waals surface area contributed by atoms with Gasteiger partial charge in [0.1, 0.15) is 23.4 Å². The summed E-state index contributed by atoms with van der Waals surface area (Å²) in [7, 11) is 0. The van der Waals surface area contributed by atoms with Gasteiger partial charge in [0, 0.05) is 37.2 Å². The second-order valence-corrected chi connectivity index (χ2v) is 10.2. The number of hydrogen-bond acceptors (Lipinski definition) is 4. The molecule has 3 aliphatic rings. The molecule has 0 unspecified atom stereocenters. The largest absolute Gasteiger partial charge is 0.489 e. The third-order valence-corrected chi connectivity index (χ3v) is 6.29. The van der Waals surface area contributed by atoms with Crippen molar-refractivity contribution in [3.63, 3.8) is 0 Å². The van der Waals surface area contributed by atoms with Crippen molar-refractivity contribution in [2.45, 2.75) is 59.5 Å². The Morgan fingerprint density at radius 2 is 1.39 bits per heavy atom. The molecule has 0 N–H and O–H groups in total. The highest BCUT2D eigenvalue weighted by molar-refractivity contribution is 6.08. The predicted molar refractivity (Wildman–Crippen MR) is 105 cm³/mol. The molecule has 0 aromatic heterocycles. The summed E-state index contributed by atoms with van der Waals surface area (Å²) in [4.78, 5) is 39.3. The van der Waals surface area contributed by atoms with Crippen LogP contribution in [0.4, 0.5) is 0 Å². The van der Waals surface area contributed by atoms with Gasteiger partial charge in [-0.2, -0.15) is 0 Å². The fraction of sp³-hybridized carbons (Fsp3) is 0.542. The minimum Gasteiger partial charge on any atom is -0.489 e. The first-order valence-electron chi connectivity index (χ1n) is 10.1. The molecular formula is C24H28O4. The fourth-order valence-electron chi connectivity index (χ4n) is 5.20. The maximum absolute atomic E-state index is 13.1. The van der Waals surface area contributed by atoms with Gasteiger partial charge < -0.3 is 4.74 Å². The van der Waals surface area contributed by atoms with Gasteiger partial charge in [-0.15, -0.1) is 0 Å². The third kappa shape index (κ3) is 3.23. The monoisotopic (exact) mass is 380 g/mol. The van der Waals surface area contributed by atoms with Crippen LogP contribution in [-0.4, -0.2) is 17.3 Å². The van der Waals surface area contributed by atoms with E-state index in [2.05, 4.69) is 13.8 Å². The summed E-state index contributed by atoms with van der Waals surface area (Å²) in [5.41, 5.74) is 1.02. The molecule has 0 saturated heterocycles. The molecule has 1 aliphatic heterocycles. The van der Waals surface area contributed by atoms with E-state index in [4.69, 9.17) is 4.74 Å². The van der Waals surface area contributed by atoms with Gasteiger partial charge in [0.2, 0.25) is 0 Å². The molecule has 1 heterocycles. The highest BCUT2D eigenvalue weighted by Crippen LogP contribution is 2.54. The molecule has 4 heteroatoms. The Morgan fingerprint density at radius 1 is 0.821 bits per heavy atom. The number of allylic oxidation sites excluding steroid dienone is 1. The van der Waals surface area contributed by atoms with Crippen LogP contribution in [0.25, 0.3) is 0 Å². The minimum atomic E-state index is -0.782. The molecule has 0 spiro atoms. The predicted octanol–water partition coefficient (Wildman–Crippen LogP) is 4.59. The Morgan fingerprint density at radius 3 is 2.00 bits per heavy atom. The number of hydrogen-bond donors (Lipinski definition) is 0. The summed E-state index contributed by atoms with van der Waals surface area (Å²) < 4.78 is 6.33. The van der Waals surface area contributed by atoms with Gasteiger partial charge in [-0.05, 0) is 16.4 Å². The summed E-state index contributed by atoms with van der Waals surface area (Å²) in [6.45, 7) is 8.03. The average molecular weight is 380 g/mol. The smallest absolute Gasteiger partial charge is 0.163 e. The Balaban J connectivity index is 1.80. The van der Waals surface area contributed by atoms with E-state index in [-0.39, 0.29) is 28.2 Å². The van der Waals surface area contributed by atoms with Gasteiger partial charge in [-0.3, -0.25) is 14.4 Å². The lowest BCUT2D eigenvalue weighted by Gasteiger charge is -2.36. The quantitative estimate of drug-likeness (QED) is 0.704. The van der Waals surface area contributed by atoms with Crippen LogP contribution in [0.1, 0.15) is 65.0 Å². The third-order valence-electron chi connectivity index (χ3n) is 6.29. The van der Waals surface area contributed by atoms with Crippen LogP contribution >= 0.6 is 0 Å². The van der Waals surface area contributed by atoms with Crippen LogP contribution in [0.2, 0.25) is 0 Å². The molecule has 0 radical (unpaired) electrons. The van der Waals surface area contributed by atoms with Crippen LogP contribution < -0.4 is 0 Å². The summed E-state index contributed by atoms with van der Waals surface area (Å²) in [6.07, 6.45) is 1.36. The van der Waals surface area contributed by atoms with Crippen molar-refractivity contribution in [2.75, 3.05) is 0 Å². The van der Waals surface area contributed by atoms with Crippen LogP contribution in [0.15, 0.2) is 41.7 Å². The molecule has 1 aromatic rings. The van der Waals surface area contributed by atoms with E-state index in [9.17, 15) is 14.4 Å². The molecule has 2 aliphatic carbocycles. The molecule has 4 rings (SSSR count). The van der Waals surface area contributed by atoms with Crippen LogP contribution in [-0.2, 0) is 19.1 Å². The van der Waals surface area contributed by atoms with Crippen molar-refractivity contribution in [3.8, 4) is 0 Å². The molecule has 1 aromatic carbocycles. The van der Waals surface area contributed by atoms with Crippen molar-refractivity contribution in [1.29, 1.82) is 0 Å². The highest BCUT2D eigenvalue weighted by Gasteiger charge is 2.54. The topological polar surface area (TPSA) is 60.4 Å². The molecule has 148 valence electrons. The van der Waals surface area contributed by atoms with Crippen molar-refractivity contribution < 1.29 is 19.1 Å². The van der Waals surface area contributed by atoms with Crippen LogP contribution in [0.3, 0.4) is 0 Å². The van der Waals surface area contributed by atoms with Gasteiger partial charge in [-0.1, -0.05) is 58.0 Å². The number of ketones is 3. The summed E-state index contributed by atoms with van der Waals surface area (Å²) >= 11 is 0. The van der Waals surface area contributed by atoms with Crippen LogP contribution in [0.5, 0.6) is 0 Å². The second-order valence-electron chi connectivity index (χ2n) is 10.2. The van der Waals surface area contributed by atoms with Crippen molar-refractivity contribution in [1.82, 2.24) is 0 Å². The standard InChI is InChI=1S/C24H28O4/c1-23(2)10-15(25)19(16(26)11-23)21-20-17(27)12-24(3,4)13-18(20)28-22(21)14-8-6-5-7-9-14/h5-9,19,21-22H,10-13H2,1-4H3/t21-,22+/m1/s1. The minimum absolute atomic E-state index is 0.0279. The number of ether oxygens (including phenoxy) is 1. The number of carbonyl (C=O) groups excluding carboxylic acids is 3. The normalized spacial score (nSPS) is 29.6. The van der Waals surface area contributed by atoms with Crippen LogP contribution in [0, 0.1) is 22.7 Å². The van der Waals surface area contributed by atoms with E-state index in [1.807, 2.05) is 44.2 Å². The maximum atomic E-state index is 13.1. The molecule has 0 bridgehead atoms. The average Bonchev–Trinajstić information content (AvgIpc) is 2.91. The summed E-state index contributed by atoms with van der Waals surface area (Å²) in [6, 6.07) is 9.67. The first-order chi connectivity index (χ1) is 13.1. The highest BCUT2D eigenvalue weighted by atomic mass is 16.5. The summed E-state index contributed by atoms with van der Waals surface area (Å²) in [5.74, 6) is -0.678. The van der Waals surface area contributed by atoms with E-state index >= 15 is 0 Å². The number of rotatable bonds is 2. The molecule has 1 saturated carbocycles. The van der Waals surface area contributed by atoms with Gasteiger partial charge >= 0.3 is 0 Å². The van der Waals surface area contributed by atoms with Crippen molar-refractivity contribution in [3.05, 3.63) is 47.2 Å². The SMILES string of the molecule is CC1(C)CC(=O)C([C@@H]2C3=C(CC(C)(C)CC3=O)O[C@H]2c2ccccc2)C(=O)C1. The zero-order chi connectivity index (χ0) is 20.3. The van der Waals surface area contributed by atoms with Crippen molar-refractivity contribution in [2.24, 2.45) is 22.7 Å².